The van der Waals surface area contributed by atoms with Crippen molar-refractivity contribution in [3.8, 4) is 11.1 Å². The number of fused-ring (bicyclic) bond motifs is 1. The number of morpholine rings is 1. The largest absolute Gasteiger partial charge is 0.423 e. The average Bonchev–Trinajstić information content (AvgIpc) is 3.05. The lowest BCUT2D eigenvalue weighted by Crippen LogP contribution is -2.36. The Labute approximate surface area is 137 Å². The van der Waals surface area contributed by atoms with E-state index in [1.807, 2.05) is 35.2 Å². The highest BCUT2D eigenvalue weighted by molar-refractivity contribution is 5.87. The number of nitro groups is 1. The Hall–Kier alpha value is -2.93. The summed E-state index contributed by atoms with van der Waals surface area (Å²) in [7, 11) is 0. The number of nitrogens with zero attached hydrogens (tertiary/aromatic N) is 3. The molecule has 0 amide bonds. The molecule has 1 fully saturated rings. The Balaban J connectivity index is 1.83. The molecule has 1 aromatic heterocycles. The first-order valence-corrected chi connectivity index (χ1v) is 7.69. The van der Waals surface area contributed by atoms with Crippen molar-refractivity contribution >= 4 is 22.8 Å². The number of oxazole rings is 1. The molecule has 1 aliphatic rings. The monoisotopic (exact) mass is 325 g/mol. The Morgan fingerprint density at radius 2 is 1.88 bits per heavy atom. The minimum atomic E-state index is -0.390. The van der Waals surface area contributed by atoms with Crippen molar-refractivity contribution in [1.82, 2.24) is 4.98 Å². The molecule has 0 atom stereocenters. The van der Waals surface area contributed by atoms with Gasteiger partial charge in [0, 0.05) is 13.1 Å². The number of benzene rings is 2. The molecular formula is C17H15N3O4. The van der Waals surface area contributed by atoms with Crippen molar-refractivity contribution in [3.63, 3.8) is 0 Å². The van der Waals surface area contributed by atoms with Gasteiger partial charge >= 0.3 is 0 Å². The third kappa shape index (κ3) is 2.59. The van der Waals surface area contributed by atoms with Gasteiger partial charge in [-0.25, -0.2) is 0 Å². The van der Waals surface area contributed by atoms with Crippen LogP contribution in [0.3, 0.4) is 0 Å². The van der Waals surface area contributed by atoms with Crippen molar-refractivity contribution in [2.75, 3.05) is 31.2 Å². The Bertz CT molecular complexity index is 885. The Morgan fingerprint density at radius 3 is 2.58 bits per heavy atom. The molecule has 1 saturated heterocycles. The van der Waals surface area contributed by atoms with Gasteiger partial charge in [-0.2, -0.15) is 4.98 Å². The zero-order valence-corrected chi connectivity index (χ0v) is 12.8. The third-order valence-corrected chi connectivity index (χ3v) is 4.06. The third-order valence-electron chi connectivity index (χ3n) is 4.06. The van der Waals surface area contributed by atoms with Crippen LogP contribution in [0.4, 0.5) is 11.7 Å². The summed E-state index contributed by atoms with van der Waals surface area (Å²) in [5, 5.41) is 11.5. The quantitative estimate of drug-likeness (QED) is 0.543. The van der Waals surface area contributed by atoms with Crippen LogP contribution in [0, 0.1) is 10.1 Å². The van der Waals surface area contributed by atoms with E-state index in [-0.39, 0.29) is 5.69 Å². The fourth-order valence-electron chi connectivity index (χ4n) is 2.84. The van der Waals surface area contributed by atoms with Gasteiger partial charge in [0.15, 0.2) is 5.58 Å². The van der Waals surface area contributed by atoms with Crippen LogP contribution in [-0.4, -0.2) is 36.2 Å². The topological polar surface area (TPSA) is 81.6 Å². The van der Waals surface area contributed by atoms with E-state index in [0.717, 1.165) is 5.56 Å². The summed E-state index contributed by atoms with van der Waals surface area (Å²) >= 11 is 0. The van der Waals surface area contributed by atoms with Crippen molar-refractivity contribution in [3.05, 3.63) is 52.6 Å². The SMILES string of the molecule is O=[N+]([O-])c1cc2oc(N3CCOCC3)nc2cc1-c1ccccc1. The first kappa shape index (κ1) is 14.6. The lowest BCUT2D eigenvalue weighted by Gasteiger charge is -2.24. The molecule has 0 bridgehead atoms. The summed E-state index contributed by atoms with van der Waals surface area (Å²) in [6.45, 7) is 2.63. The van der Waals surface area contributed by atoms with Gasteiger partial charge in [0.1, 0.15) is 5.52 Å². The van der Waals surface area contributed by atoms with Crippen LogP contribution in [-0.2, 0) is 4.74 Å². The minimum absolute atomic E-state index is 0.0124. The van der Waals surface area contributed by atoms with Gasteiger partial charge in [-0.15, -0.1) is 0 Å². The summed E-state index contributed by atoms with van der Waals surface area (Å²) in [5.74, 6) is 0. The highest BCUT2D eigenvalue weighted by Crippen LogP contribution is 2.35. The van der Waals surface area contributed by atoms with E-state index in [9.17, 15) is 10.1 Å². The molecule has 7 heteroatoms. The van der Waals surface area contributed by atoms with Crippen LogP contribution < -0.4 is 4.90 Å². The number of hydrogen-bond acceptors (Lipinski definition) is 6. The fourth-order valence-corrected chi connectivity index (χ4v) is 2.84. The predicted octanol–water partition coefficient (Wildman–Crippen LogP) is 3.24. The molecular weight excluding hydrogens is 310 g/mol. The lowest BCUT2D eigenvalue weighted by atomic mass is 10.0. The standard InChI is InChI=1S/C17H15N3O4/c21-20(22)15-11-16-14(10-13(15)12-4-2-1-3-5-12)18-17(24-16)19-6-8-23-9-7-19/h1-5,10-11H,6-9H2. The van der Waals surface area contributed by atoms with Crippen LogP contribution in [0.1, 0.15) is 0 Å². The number of rotatable bonds is 3. The maximum absolute atomic E-state index is 11.5. The Kier molecular flexibility index (Phi) is 3.62. The van der Waals surface area contributed by atoms with Gasteiger partial charge in [-0.05, 0) is 11.6 Å². The van der Waals surface area contributed by atoms with Crippen molar-refractivity contribution in [2.45, 2.75) is 0 Å². The summed E-state index contributed by atoms with van der Waals surface area (Å²) in [6.07, 6.45) is 0. The molecule has 0 unspecified atom stereocenters. The molecule has 0 radical (unpaired) electrons. The molecule has 0 saturated carbocycles. The number of hydrogen-bond donors (Lipinski definition) is 0. The number of ether oxygens (including phenoxy) is 1. The summed E-state index contributed by atoms with van der Waals surface area (Å²) in [5.41, 5.74) is 2.36. The van der Waals surface area contributed by atoms with Crippen molar-refractivity contribution < 1.29 is 14.1 Å². The van der Waals surface area contributed by atoms with E-state index in [2.05, 4.69) is 4.98 Å². The molecule has 0 N–H and O–H groups in total. The Morgan fingerprint density at radius 1 is 1.12 bits per heavy atom. The highest BCUT2D eigenvalue weighted by atomic mass is 16.6. The molecule has 2 aromatic carbocycles. The molecule has 0 spiro atoms. The molecule has 0 aliphatic carbocycles. The lowest BCUT2D eigenvalue weighted by molar-refractivity contribution is -0.384. The average molecular weight is 325 g/mol. The second-order valence-electron chi connectivity index (χ2n) is 5.56. The van der Waals surface area contributed by atoms with E-state index < -0.39 is 4.92 Å². The van der Waals surface area contributed by atoms with Gasteiger partial charge in [0.2, 0.25) is 0 Å². The van der Waals surface area contributed by atoms with E-state index in [4.69, 9.17) is 9.15 Å². The zero-order valence-electron chi connectivity index (χ0n) is 12.8. The van der Waals surface area contributed by atoms with Crippen LogP contribution in [0.5, 0.6) is 0 Å². The molecule has 24 heavy (non-hydrogen) atoms. The summed E-state index contributed by atoms with van der Waals surface area (Å²) < 4.78 is 11.1. The van der Waals surface area contributed by atoms with Gasteiger partial charge in [-0.3, -0.25) is 10.1 Å². The number of anilines is 1. The first-order valence-electron chi connectivity index (χ1n) is 7.69. The molecule has 4 rings (SSSR count). The molecule has 1 aliphatic heterocycles. The summed E-state index contributed by atoms with van der Waals surface area (Å²) in [4.78, 5) is 17.6. The molecule has 122 valence electrons. The maximum Gasteiger partial charge on any atom is 0.298 e. The normalized spacial score (nSPS) is 14.9. The highest BCUT2D eigenvalue weighted by Gasteiger charge is 2.22. The van der Waals surface area contributed by atoms with Gasteiger partial charge in [-0.1, -0.05) is 30.3 Å². The first-order chi connectivity index (χ1) is 11.7. The van der Waals surface area contributed by atoms with Gasteiger partial charge in [0.05, 0.1) is 29.8 Å². The van der Waals surface area contributed by atoms with Gasteiger partial charge < -0.3 is 14.1 Å². The minimum Gasteiger partial charge on any atom is -0.423 e. The van der Waals surface area contributed by atoms with E-state index in [0.29, 0.717) is 49.0 Å². The van der Waals surface area contributed by atoms with Crippen LogP contribution in [0.25, 0.3) is 22.2 Å². The van der Waals surface area contributed by atoms with Crippen molar-refractivity contribution in [1.29, 1.82) is 0 Å². The van der Waals surface area contributed by atoms with E-state index in [1.165, 1.54) is 6.07 Å². The van der Waals surface area contributed by atoms with Gasteiger partial charge in [0.25, 0.3) is 11.7 Å². The van der Waals surface area contributed by atoms with Crippen LogP contribution >= 0.6 is 0 Å². The van der Waals surface area contributed by atoms with Crippen molar-refractivity contribution in [2.24, 2.45) is 0 Å². The zero-order chi connectivity index (χ0) is 16.5. The predicted molar refractivity (Wildman–Crippen MR) is 89.1 cm³/mol. The van der Waals surface area contributed by atoms with E-state index >= 15 is 0 Å². The number of aromatic nitrogens is 1. The maximum atomic E-state index is 11.5. The smallest absolute Gasteiger partial charge is 0.298 e. The molecule has 2 heterocycles. The molecule has 3 aromatic rings. The fraction of sp³-hybridized carbons (Fsp3) is 0.235. The molecule has 7 nitrogen and oxygen atoms in total. The second kappa shape index (κ2) is 5.93. The number of nitro benzene ring substituents is 1. The summed E-state index contributed by atoms with van der Waals surface area (Å²) in [6, 6.07) is 12.9. The van der Waals surface area contributed by atoms with Crippen LogP contribution in [0.2, 0.25) is 0 Å². The van der Waals surface area contributed by atoms with E-state index in [1.54, 1.807) is 6.07 Å². The second-order valence-corrected chi connectivity index (χ2v) is 5.56. The van der Waals surface area contributed by atoms with Crippen LogP contribution in [0.15, 0.2) is 46.9 Å².